The van der Waals surface area contributed by atoms with Gasteiger partial charge in [0, 0.05) is 10.2 Å². The second-order valence-corrected chi connectivity index (χ2v) is 4.69. The molecule has 0 saturated carbocycles. The first kappa shape index (κ1) is 11.9. The normalized spacial score (nSPS) is 10.5. The highest BCUT2D eigenvalue weighted by atomic mass is 79.9. The van der Waals surface area contributed by atoms with Gasteiger partial charge in [-0.1, -0.05) is 6.07 Å². The number of benzene rings is 1. The zero-order chi connectivity index (χ0) is 12.6. The van der Waals surface area contributed by atoms with Crippen molar-refractivity contribution in [2.75, 3.05) is 0 Å². The summed E-state index contributed by atoms with van der Waals surface area (Å²) in [7, 11) is 0. The van der Waals surface area contributed by atoms with Gasteiger partial charge in [-0.15, -0.1) is 0 Å². The van der Waals surface area contributed by atoms with Crippen LogP contribution in [0.2, 0.25) is 0 Å². The van der Waals surface area contributed by atoms with E-state index in [0.717, 1.165) is 11.4 Å². The molecule has 1 aromatic carbocycles. The quantitative estimate of drug-likeness (QED) is 0.924. The number of primary amides is 1. The second kappa shape index (κ2) is 4.33. The van der Waals surface area contributed by atoms with Crippen molar-refractivity contribution in [1.29, 1.82) is 0 Å². The Balaban J connectivity index is 2.71. The summed E-state index contributed by atoms with van der Waals surface area (Å²) in [5.74, 6) is -0.472. The summed E-state index contributed by atoms with van der Waals surface area (Å²) in [6.07, 6.45) is 0. The number of halogens is 1. The van der Waals surface area contributed by atoms with Crippen molar-refractivity contribution in [3.63, 3.8) is 0 Å². The van der Waals surface area contributed by atoms with E-state index in [9.17, 15) is 4.79 Å². The fraction of sp³-hybridized carbons (Fsp3) is 0.167. The molecule has 0 aliphatic rings. The molecule has 1 heterocycles. The van der Waals surface area contributed by atoms with E-state index in [2.05, 4.69) is 21.0 Å². The molecule has 0 aliphatic carbocycles. The Labute approximate surface area is 108 Å². The maximum absolute atomic E-state index is 11.5. The Morgan fingerprint density at radius 2 is 2.12 bits per heavy atom. The molecule has 0 bridgehead atoms. The minimum Gasteiger partial charge on any atom is -0.365 e. The van der Waals surface area contributed by atoms with Crippen LogP contribution in [-0.2, 0) is 0 Å². The minimum absolute atomic E-state index is 0.443. The average molecular weight is 294 g/mol. The summed E-state index contributed by atoms with van der Waals surface area (Å²) < 4.78 is 2.40. The Morgan fingerprint density at radius 3 is 2.65 bits per heavy atom. The van der Waals surface area contributed by atoms with E-state index in [0.29, 0.717) is 15.7 Å². The number of hydrogen-bond donors (Lipinski definition) is 1. The van der Waals surface area contributed by atoms with Crippen molar-refractivity contribution in [2.24, 2.45) is 5.73 Å². The highest BCUT2D eigenvalue weighted by Crippen LogP contribution is 2.24. The first-order valence-corrected chi connectivity index (χ1v) is 5.92. The van der Waals surface area contributed by atoms with E-state index in [1.54, 1.807) is 10.7 Å². The lowest BCUT2D eigenvalue weighted by Gasteiger charge is -2.10. The van der Waals surface area contributed by atoms with Gasteiger partial charge in [0.2, 0.25) is 0 Å². The van der Waals surface area contributed by atoms with Crippen molar-refractivity contribution in [2.45, 2.75) is 13.8 Å². The van der Waals surface area contributed by atoms with Gasteiger partial charge in [0.15, 0.2) is 0 Å². The van der Waals surface area contributed by atoms with Gasteiger partial charge < -0.3 is 5.73 Å². The smallest absolute Gasteiger partial charge is 0.252 e. The van der Waals surface area contributed by atoms with Crippen molar-refractivity contribution >= 4 is 21.8 Å². The van der Waals surface area contributed by atoms with E-state index in [1.807, 2.05) is 32.0 Å². The molecule has 0 unspecified atom stereocenters. The predicted octanol–water partition coefficient (Wildman–Crippen LogP) is 2.35. The predicted molar refractivity (Wildman–Crippen MR) is 69.3 cm³/mol. The third-order valence-electron chi connectivity index (χ3n) is 2.48. The molecule has 0 aliphatic heterocycles. The van der Waals surface area contributed by atoms with Gasteiger partial charge >= 0.3 is 0 Å². The van der Waals surface area contributed by atoms with Crippen LogP contribution >= 0.6 is 15.9 Å². The second-order valence-electron chi connectivity index (χ2n) is 3.84. The van der Waals surface area contributed by atoms with Crippen LogP contribution in [0.5, 0.6) is 0 Å². The van der Waals surface area contributed by atoms with Crippen LogP contribution in [0.3, 0.4) is 0 Å². The number of aromatic nitrogens is 2. The van der Waals surface area contributed by atoms with E-state index in [4.69, 9.17) is 5.73 Å². The standard InChI is InChI=1S/C12H12BrN3O/c1-7-6-8(2)16(15-7)10-5-3-4-9(13)11(10)12(14)17/h3-6H,1-2H3,(H2,14,17). The molecule has 88 valence electrons. The lowest BCUT2D eigenvalue weighted by Crippen LogP contribution is -2.16. The molecule has 0 fully saturated rings. The van der Waals surface area contributed by atoms with Crippen LogP contribution in [0.1, 0.15) is 21.7 Å². The Kier molecular flexibility index (Phi) is 3.02. The molecule has 5 heteroatoms. The van der Waals surface area contributed by atoms with Crippen molar-refractivity contribution in [3.8, 4) is 5.69 Å². The molecule has 0 saturated heterocycles. The summed E-state index contributed by atoms with van der Waals surface area (Å²) in [6, 6.07) is 7.41. The van der Waals surface area contributed by atoms with Crippen LogP contribution in [-0.4, -0.2) is 15.7 Å². The van der Waals surface area contributed by atoms with Gasteiger partial charge in [0.05, 0.1) is 16.9 Å². The van der Waals surface area contributed by atoms with Crippen molar-refractivity contribution in [3.05, 3.63) is 45.7 Å². The highest BCUT2D eigenvalue weighted by Gasteiger charge is 2.15. The molecule has 1 amide bonds. The number of carbonyl (C=O) groups is 1. The number of amides is 1. The molecular weight excluding hydrogens is 282 g/mol. The Hall–Kier alpha value is -1.62. The number of rotatable bonds is 2. The minimum atomic E-state index is -0.472. The SMILES string of the molecule is Cc1cc(C)n(-c2cccc(Br)c2C(N)=O)n1. The molecule has 2 N–H and O–H groups in total. The molecule has 0 atom stereocenters. The highest BCUT2D eigenvalue weighted by molar-refractivity contribution is 9.10. The molecule has 17 heavy (non-hydrogen) atoms. The Morgan fingerprint density at radius 1 is 1.41 bits per heavy atom. The van der Waals surface area contributed by atoms with E-state index in [-0.39, 0.29) is 0 Å². The summed E-state index contributed by atoms with van der Waals surface area (Å²) in [5.41, 5.74) is 8.40. The molecule has 4 nitrogen and oxygen atoms in total. The van der Waals surface area contributed by atoms with Gasteiger partial charge in [0.1, 0.15) is 0 Å². The van der Waals surface area contributed by atoms with Crippen LogP contribution in [0, 0.1) is 13.8 Å². The Bertz CT molecular complexity index is 589. The zero-order valence-corrected chi connectivity index (χ0v) is 11.2. The number of carbonyl (C=O) groups excluding carboxylic acids is 1. The topological polar surface area (TPSA) is 60.9 Å². The largest absolute Gasteiger partial charge is 0.365 e. The van der Waals surface area contributed by atoms with E-state index >= 15 is 0 Å². The summed E-state index contributed by atoms with van der Waals surface area (Å²) in [5, 5.41) is 4.35. The molecule has 1 aromatic heterocycles. The fourth-order valence-electron chi connectivity index (χ4n) is 1.81. The summed E-state index contributed by atoms with van der Waals surface area (Å²) in [4.78, 5) is 11.5. The first-order chi connectivity index (χ1) is 8.00. The third-order valence-corrected chi connectivity index (χ3v) is 3.14. The third kappa shape index (κ3) is 2.10. The summed E-state index contributed by atoms with van der Waals surface area (Å²) in [6.45, 7) is 3.84. The molecular formula is C12H12BrN3O. The average Bonchev–Trinajstić information content (AvgIpc) is 2.56. The van der Waals surface area contributed by atoms with Crippen LogP contribution in [0.25, 0.3) is 5.69 Å². The van der Waals surface area contributed by atoms with Crippen LogP contribution in [0.4, 0.5) is 0 Å². The molecule has 0 radical (unpaired) electrons. The first-order valence-electron chi connectivity index (χ1n) is 5.12. The maximum atomic E-state index is 11.5. The van der Waals surface area contributed by atoms with E-state index in [1.165, 1.54) is 0 Å². The van der Waals surface area contributed by atoms with Crippen molar-refractivity contribution < 1.29 is 4.79 Å². The number of nitrogens with two attached hydrogens (primary N) is 1. The zero-order valence-electron chi connectivity index (χ0n) is 9.57. The lowest BCUT2D eigenvalue weighted by atomic mass is 10.1. The van der Waals surface area contributed by atoms with Gasteiger partial charge in [-0.05, 0) is 48.0 Å². The number of aryl methyl sites for hydroxylation is 2. The lowest BCUT2D eigenvalue weighted by molar-refractivity contribution is 0.0999. The molecule has 0 spiro atoms. The number of nitrogens with zero attached hydrogens (tertiary/aromatic N) is 2. The van der Waals surface area contributed by atoms with Crippen molar-refractivity contribution in [1.82, 2.24) is 9.78 Å². The van der Waals surface area contributed by atoms with Gasteiger partial charge in [0.25, 0.3) is 5.91 Å². The van der Waals surface area contributed by atoms with Gasteiger partial charge in [-0.25, -0.2) is 4.68 Å². The fourth-order valence-corrected chi connectivity index (χ4v) is 2.36. The molecule has 2 rings (SSSR count). The van der Waals surface area contributed by atoms with Crippen LogP contribution in [0.15, 0.2) is 28.7 Å². The van der Waals surface area contributed by atoms with E-state index < -0.39 is 5.91 Å². The molecule has 2 aromatic rings. The monoisotopic (exact) mass is 293 g/mol. The van der Waals surface area contributed by atoms with Crippen LogP contribution < -0.4 is 5.73 Å². The number of hydrogen-bond acceptors (Lipinski definition) is 2. The summed E-state index contributed by atoms with van der Waals surface area (Å²) >= 11 is 3.33. The van der Waals surface area contributed by atoms with Gasteiger partial charge in [-0.2, -0.15) is 5.10 Å². The maximum Gasteiger partial charge on any atom is 0.252 e. The van der Waals surface area contributed by atoms with Gasteiger partial charge in [-0.3, -0.25) is 4.79 Å².